The highest BCUT2D eigenvalue weighted by atomic mass is 16.6. The van der Waals surface area contributed by atoms with Gasteiger partial charge in [0.2, 0.25) is 0 Å². The number of nitro groups is 1. The van der Waals surface area contributed by atoms with E-state index in [1.165, 1.54) is 17.7 Å². The minimum absolute atomic E-state index is 0.0820. The van der Waals surface area contributed by atoms with Gasteiger partial charge in [0.15, 0.2) is 5.76 Å². The first-order valence-electron chi connectivity index (χ1n) is 8.32. The third kappa shape index (κ3) is 4.55. The summed E-state index contributed by atoms with van der Waals surface area (Å²) in [7, 11) is 0. The zero-order valence-corrected chi connectivity index (χ0v) is 14.1. The highest BCUT2D eigenvalue weighted by Crippen LogP contribution is 2.24. The van der Waals surface area contributed by atoms with Crippen LogP contribution in [0.4, 0.5) is 5.69 Å². The molecule has 5 heteroatoms. The van der Waals surface area contributed by atoms with Crippen molar-refractivity contribution in [1.82, 2.24) is 0 Å². The van der Waals surface area contributed by atoms with Gasteiger partial charge in [-0.2, -0.15) is 0 Å². The third-order valence-electron chi connectivity index (χ3n) is 4.15. The topological polar surface area (TPSA) is 72.9 Å². The summed E-state index contributed by atoms with van der Waals surface area (Å²) in [5, 5.41) is 13.0. The summed E-state index contributed by atoms with van der Waals surface area (Å²) < 4.78 is 5.87. The predicted octanol–water partition coefficient (Wildman–Crippen LogP) is 3.55. The fraction of sp³-hybridized carbons (Fsp3) is 0.200. The maximum atomic E-state index is 10.7. The van der Waals surface area contributed by atoms with Crippen LogP contribution in [0.1, 0.15) is 18.2 Å². The minimum atomic E-state index is -0.402. The lowest BCUT2D eigenvalue weighted by Gasteiger charge is -2.09. The average Bonchev–Trinajstić information content (AvgIpc) is 3.10. The van der Waals surface area contributed by atoms with E-state index in [9.17, 15) is 10.1 Å². The lowest BCUT2D eigenvalue weighted by atomic mass is 10.1. The largest absolute Gasteiger partial charge is 0.455 e. The molecule has 128 valence electrons. The minimum Gasteiger partial charge on any atom is -0.455 e. The molecule has 0 bridgehead atoms. The zero-order chi connectivity index (χ0) is 17.6. The number of nitro benzene ring substituents is 1. The van der Waals surface area contributed by atoms with E-state index in [4.69, 9.17) is 4.42 Å². The van der Waals surface area contributed by atoms with Crippen molar-refractivity contribution in [3.05, 3.63) is 88.2 Å². The van der Waals surface area contributed by atoms with Crippen LogP contribution in [0.25, 0.3) is 11.3 Å². The number of rotatable bonds is 7. The van der Waals surface area contributed by atoms with Gasteiger partial charge >= 0.3 is 0 Å². The Bertz CT molecular complexity index is 826. The van der Waals surface area contributed by atoms with Gasteiger partial charge in [0.25, 0.3) is 5.69 Å². The van der Waals surface area contributed by atoms with E-state index >= 15 is 0 Å². The lowest BCUT2D eigenvalue weighted by Crippen LogP contribution is -2.88. The number of hydrogen-bond acceptors (Lipinski definition) is 3. The van der Waals surface area contributed by atoms with Gasteiger partial charge in [-0.15, -0.1) is 0 Å². The second-order valence-corrected chi connectivity index (χ2v) is 6.18. The number of hydrogen-bond donors (Lipinski definition) is 1. The first-order valence-corrected chi connectivity index (χ1v) is 8.32. The molecule has 0 radical (unpaired) electrons. The number of nitrogens with two attached hydrogens (primary N) is 1. The highest BCUT2D eigenvalue weighted by molar-refractivity contribution is 5.59. The van der Waals surface area contributed by atoms with E-state index in [1.807, 2.05) is 18.2 Å². The number of nitrogens with zero attached hydrogens (tertiary/aromatic N) is 1. The lowest BCUT2D eigenvalue weighted by molar-refractivity contribution is -0.702. The molecule has 2 N–H and O–H groups in total. The van der Waals surface area contributed by atoms with Crippen molar-refractivity contribution in [2.24, 2.45) is 0 Å². The van der Waals surface area contributed by atoms with Crippen molar-refractivity contribution in [2.45, 2.75) is 25.9 Å². The van der Waals surface area contributed by atoms with Gasteiger partial charge in [-0.05, 0) is 36.8 Å². The molecule has 2 aromatic carbocycles. The Kier molecular flexibility index (Phi) is 5.26. The monoisotopic (exact) mass is 337 g/mol. The van der Waals surface area contributed by atoms with Crippen molar-refractivity contribution in [3.8, 4) is 11.3 Å². The average molecular weight is 337 g/mol. The second-order valence-electron chi connectivity index (χ2n) is 6.18. The van der Waals surface area contributed by atoms with E-state index in [-0.39, 0.29) is 5.69 Å². The Balaban J connectivity index is 1.57. The van der Waals surface area contributed by atoms with Crippen molar-refractivity contribution < 1.29 is 14.7 Å². The van der Waals surface area contributed by atoms with Crippen LogP contribution in [0.15, 0.2) is 71.1 Å². The smallest absolute Gasteiger partial charge is 0.269 e. The van der Waals surface area contributed by atoms with Gasteiger partial charge in [0.1, 0.15) is 12.3 Å². The molecule has 25 heavy (non-hydrogen) atoms. The molecule has 0 spiro atoms. The molecule has 0 saturated heterocycles. The van der Waals surface area contributed by atoms with Gasteiger partial charge in [0, 0.05) is 24.1 Å². The van der Waals surface area contributed by atoms with E-state index in [0.717, 1.165) is 30.0 Å². The molecule has 0 aliphatic rings. The van der Waals surface area contributed by atoms with Crippen LogP contribution in [-0.2, 0) is 13.0 Å². The van der Waals surface area contributed by atoms with E-state index in [0.29, 0.717) is 6.04 Å². The Morgan fingerprint density at radius 3 is 2.44 bits per heavy atom. The molecule has 0 aliphatic heterocycles. The first kappa shape index (κ1) is 16.9. The highest BCUT2D eigenvalue weighted by Gasteiger charge is 2.11. The van der Waals surface area contributed by atoms with Crippen molar-refractivity contribution in [3.63, 3.8) is 0 Å². The van der Waals surface area contributed by atoms with E-state index in [2.05, 4.69) is 36.5 Å². The maximum absolute atomic E-state index is 10.7. The summed E-state index contributed by atoms with van der Waals surface area (Å²) in [6.07, 6.45) is 1.01. The summed E-state index contributed by atoms with van der Waals surface area (Å²) in [5.41, 5.74) is 2.25. The molecule has 3 aromatic rings. The van der Waals surface area contributed by atoms with Crippen LogP contribution in [0, 0.1) is 10.1 Å². The molecule has 1 heterocycles. The Labute approximate surface area is 146 Å². The Morgan fingerprint density at radius 2 is 1.76 bits per heavy atom. The Hall–Kier alpha value is -2.92. The van der Waals surface area contributed by atoms with Crippen LogP contribution >= 0.6 is 0 Å². The molecule has 0 aliphatic carbocycles. The predicted molar refractivity (Wildman–Crippen MR) is 96.0 cm³/mol. The van der Waals surface area contributed by atoms with Crippen LogP contribution in [0.5, 0.6) is 0 Å². The van der Waals surface area contributed by atoms with E-state index < -0.39 is 4.92 Å². The molecule has 0 unspecified atom stereocenters. The van der Waals surface area contributed by atoms with Crippen molar-refractivity contribution in [2.75, 3.05) is 0 Å². The third-order valence-corrected chi connectivity index (χ3v) is 4.15. The summed E-state index contributed by atoms with van der Waals surface area (Å²) in [5.74, 6) is 1.63. The van der Waals surface area contributed by atoms with Crippen LogP contribution in [0.2, 0.25) is 0 Å². The summed E-state index contributed by atoms with van der Waals surface area (Å²) in [6, 6.07) is 21.2. The zero-order valence-electron chi connectivity index (χ0n) is 14.1. The summed E-state index contributed by atoms with van der Waals surface area (Å²) in [6.45, 7) is 2.97. The Morgan fingerprint density at radius 1 is 1.04 bits per heavy atom. The van der Waals surface area contributed by atoms with Crippen molar-refractivity contribution >= 4 is 5.69 Å². The van der Waals surface area contributed by atoms with Gasteiger partial charge in [-0.3, -0.25) is 10.1 Å². The number of furan rings is 1. The first-order chi connectivity index (χ1) is 12.1. The fourth-order valence-corrected chi connectivity index (χ4v) is 2.78. The summed E-state index contributed by atoms with van der Waals surface area (Å²) >= 11 is 0. The molecule has 3 rings (SSSR count). The molecular weight excluding hydrogens is 316 g/mol. The molecule has 1 aromatic heterocycles. The number of quaternary nitrogens is 1. The van der Waals surface area contributed by atoms with Gasteiger partial charge < -0.3 is 9.73 Å². The van der Waals surface area contributed by atoms with E-state index in [1.54, 1.807) is 12.1 Å². The van der Waals surface area contributed by atoms with Crippen LogP contribution in [-0.4, -0.2) is 11.0 Å². The number of benzene rings is 2. The SMILES string of the molecule is C[C@H](Cc1ccccc1)[NH2+]Cc1ccc(-c2ccc([N+](=O)[O-])cc2)o1. The number of non-ortho nitro benzene ring substituents is 1. The standard InChI is InChI=1S/C20H20N2O3/c1-15(13-16-5-3-2-4-6-16)21-14-19-11-12-20(25-19)17-7-9-18(10-8-17)22(23)24/h2-12,15,21H,13-14H2,1H3/p+1/t15-/m1/s1. The van der Waals surface area contributed by atoms with Gasteiger partial charge in [0.05, 0.1) is 11.0 Å². The molecule has 0 saturated carbocycles. The quantitative estimate of drug-likeness (QED) is 0.529. The maximum Gasteiger partial charge on any atom is 0.269 e. The van der Waals surface area contributed by atoms with Crippen LogP contribution < -0.4 is 5.32 Å². The van der Waals surface area contributed by atoms with Crippen LogP contribution in [0.3, 0.4) is 0 Å². The normalized spacial score (nSPS) is 12.0. The summed E-state index contributed by atoms with van der Waals surface area (Å²) in [4.78, 5) is 10.3. The van der Waals surface area contributed by atoms with Gasteiger partial charge in [-0.25, -0.2) is 0 Å². The fourth-order valence-electron chi connectivity index (χ4n) is 2.78. The second kappa shape index (κ2) is 7.77. The molecule has 1 atom stereocenters. The molecular formula is C20H21N2O3+. The van der Waals surface area contributed by atoms with Crippen molar-refractivity contribution in [1.29, 1.82) is 0 Å². The molecule has 0 fully saturated rings. The molecule has 5 nitrogen and oxygen atoms in total. The molecule has 0 amide bonds. The van der Waals surface area contributed by atoms with Gasteiger partial charge in [-0.1, -0.05) is 30.3 Å².